The number of aromatic hydroxyl groups is 1. The zero-order valence-corrected chi connectivity index (χ0v) is 8.51. The van der Waals surface area contributed by atoms with Gasteiger partial charge in [0, 0.05) is 0 Å². The summed E-state index contributed by atoms with van der Waals surface area (Å²) in [6.07, 6.45) is 0.394. The van der Waals surface area contributed by atoms with Crippen molar-refractivity contribution < 1.29 is 19.7 Å². The Morgan fingerprint density at radius 3 is 2.47 bits per heavy atom. The number of carbonyl (C=O) groups is 1. The third-order valence-electron chi connectivity index (χ3n) is 1.94. The van der Waals surface area contributed by atoms with Crippen molar-refractivity contribution in [1.82, 2.24) is 0 Å². The van der Waals surface area contributed by atoms with Crippen LogP contribution in [0.3, 0.4) is 0 Å². The summed E-state index contributed by atoms with van der Waals surface area (Å²) in [6.45, 7) is 1.90. The van der Waals surface area contributed by atoms with E-state index in [4.69, 9.17) is 14.9 Å². The highest BCUT2D eigenvalue weighted by Crippen LogP contribution is 2.18. The Morgan fingerprint density at radius 1 is 1.40 bits per heavy atom. The highest BCUT2D eigenvalue weighted by atomic mass is 16.5. The second-order valence-corrected chi connectivity index (χ2v) is 3.23. The average molecular weight is 210 g/mol. The van der Waals surface area contributed by atoms with Crippen molar-refractivity contribution in [1.29, 1.82) is 0 Å². The smallest absolute Gasteiger partial charge is 0.344 e. The van der Waals surface area contributed by atoms with Crippen LogP contribution < -0.4 is 4.74 Å². The van der Waals surface area contributed by atoms with Crippen LogP contribution in [-0.4, -0.2) is 22.3 Å². The number of aliphatic carboxylic acids is 1. The van der Waals surface area contributed by atoms with Gasteiger partial charge in [0.1, 0.15) is 11.5 Å². The monoisotopic (exact) mass is 210 g/mol. The van der Waals surface area contributed by atoms with Crippen LogP contribution in [0.2, 0.25) is 0 Å². The molecule has 4 nitrogen and oxygen atoms in total. The number of phenols is 1. The van der Waals surface area contributed by atoms with Gasteiger partial charge in [0.15, 0.2) is 6.10 Å². The lowest BCUT2D eigenvalue weighted by Gasteiger charge is -2.13. The molecule has 0 fully saturated rings. The standard InChI is InChI=1S/C11H14O4/c1-2-3-10(11(13)14)15-9-6-4-8(12)5-7-9/h4-7,10,12H,2-3H2,1H3,(H,13,14). The largest absolute Gasteiger partial charge is 0.508 e. The van der Waals surface area contributed by atoms with Gasteiger partial charge in [-0.2, -0.15) is 0 Å². The van der Waals surface area contributed by atoms with Gasteiger partial charge >= 0.3 is 5.97 Å². The van der Waals surface area contributed by atoms with Crippen molar-refractivity contribution in [3.05, 3.63) is 24.3 Å². The van der Waals surface area contributed by atoms with Gasteiger partial charge in [0.05, 0.1) is 0 Å². The molecule has 1 rings (SSSR count). The highest BCUT2D eigenvalue weighted by Gasteiger charge is 2.17. The van der Waals surface area contributed by atoms with Gasteiger partial charge in [-0.15, -0.1) is 0 Å². The zero-order chi connectivity index (χ0) is 11.3. The normalized spacial score (nSPS) is 12.1. The molecule has 0 aromatic heterocycles. The number of carboxylic acid groups (broad SMARTS) is 1. The number of benzene rings is 1. The lowest BCUT2D eigenvalue weighted by Crippen LogP contribution is -2.26. The topological polar surface area (TPSA) is 66.8 Å². The van der Waals surface area contributed by atoms with E-state index in [0.29, 0.717) is 12.2 Å². The first-order valence-electron chi connectivity index (χ1n) is 4.82. The Labute approximate surface area is 88.1 Å². The Balaban J connectivity index is 2.65. The first-order valence-corrected chi connectivity index (χ1v) is 4.82. The molecule has 2 N–H and O–H groups in total. The van der Waals surface area contributed by atoms with Gasteiger partial charge < -0.3 is 14.9 Å². The summed E-state index contributed by atoms with van der Waals surface area (Å²) in [5.74, 6) is -0.386. The fourth-order valence-electron chi connectivity index (χ4n) is 1.18. The molecule has 0 bridgehead atoms. The predicted octanol–water partition coefficient (Wildman–Crippen LogP) is 2.02. The van der Waals surface area contributed by atoms with Crippen LogP contribution in [-0.2, 0) is 4.79 Å². The average Bonchev–Trinajstić information content (AvgIpc) is 2.20. The molecule has 0 spiro atoms. The van der Waals surface area contributed by atoms with Crippen LogP contribution >= 0.6 is 0 Å². The first kappa shape index (κ1) is 11.4. The number of hydrogen-bond donors (Lipinski definition) is 2. The summed E-state index contributed by atoms with van der Waals surface area (Å²) in [7, 11) is 0. The molecule has 0 amide bonds. The zero-order valence-electron chi connectivity index (χ0n) is 8.51. The maximum atomic E-state index is 10.8. The summed E-state index contributed by atoms with van der Waals surface area (Å²) in [5.41, 5.74) is 0. The number of ether oxygens (including phenoxy) is 1. The van der Waals surface area contributed by atoms with E-state index < -0.39 is 12.1 Å². The number of hydrogen-bond acceptors (Lipinski definition) is 3. The van der Waals surface area contributed by atoms with E-state index in [9.17, 15) is 4.79 Å². The van der Waals surface area contributed by atoms with Gasteiger partial charge in [-0.25, -0.2) is 4.79 Å². The minimum absolute atomic E-state index is 0.129. The lowest BCUT2D eigenvalue weighted by molar-refractivity contribution is -0.145. The lowest BCUT2D eigenvalue weighted by atomic mass is 10.2. The van der Waals surface area contributed by atoms with Gasteiger partial charge in [-0.05, 0) is 30.7 Å². The third-order valence-corrected chi connectivity index (χ3v) is 1.94. The Bertz CT molecular complexity index is 318. The maximum Gasteiger partial charge on any atom is 0.344 e. The fraction of sp³-hybridized carbons (Fsp3) is 0.364. The summed E-state index contributed by atoms with van der Waals surface area (Å²) in [5, 5.41) is 17.9. The molecule has 1 unspecified atom stereocenters. The van der Waals surface area contributed by atoms with Gasteiger partial charge in [0.2, 0.25) is 0 Å². The van der Waals surface area contributed by atoms with Crippen molar-refractivity contribution in [2.75, 3.05) is 0 Å². The maximum absolute atomic E-state index is 10.8. The van der Waals surface area contributed by atoms with Crippen molar-refractivity contribution in [2.45, 2.75) is 25.9 Å². The molecule has 0 saturated carbocycles. The molecule has 15 heavy (non-hydrogen) atoms. The molecule has 0 radical (unpaired) electrons. The molecule has 0 saturated heterocycles. The van der Waals surface area contributed by atoms with E-state index in [1.165, 1.54) is 12.1 Å². The number of rotatable bonds is 5. The van der Waals surface area contributed by atoms with Crippen LogP contribution in [0.25, 0.3) is 0 Å². The fourth-order valence-corrected chi connectivity index (χ4v) is 1.18. The van der Waals surface area contributed by atoms with Crippen LogP contribution in [0.5, 0.6) is 11.5 Å². The summed E-state index contributed by atoms with van der Waals surface area (Å²) < 4.78 is 5.26. The van der Waals surface area contributed by atoms with Crippen molar-refractivity contribution in [2.24, 2.45) is 0 Å². The van der Waals surface area contributed by atoms with E-state index >= 15 is 0 Å². The molecule has 0 aliphatic rings. The van der Waals surface area contributed by atoms with Crippen LogP contribution in [0.4, 0.5) is 0 Å². The van der Waals surface area contributed by atoms with Gasteiger partial charge in [-0.1, -0.05) is 13.3 Å². The summed E-state index contributed by atoms with van der Waals surface area (Å²) >= 11 is 0. The molecule has 0 heterocycles. The van der Waals surface area contributed by atoms with Crippen LogP contribution in [0.1, 0.15) is 19.8 Å². The van der Waals surface area contributed by atoms with Crippen LogP contribution in [0.15, 0.2) is 24.3 Å². The predicted molar refractivity (Wildman–Crippen MR) is 55.1 cm³/mol. The number of carboxylic acids is 1. The minimum Gasteiger partial charge on any atom is -0.508 e. The third kappa shape index (κ3) is 3.50. The Hall–Kier alpha value is -1.71. The molecule has 0 aliphatic heterocycles. The summed E-state index contributed by atoms with van der Waals surface area (Å²) in [4.78, 5) is 10.8. The van der Waals surface area contributed by atoms with E-state index in [0.717, 1.165) is 6.42 Å². The molecule has 1 aromatic rings. The van der Waals surface area contributed by atoms with Crippen molar-refractivity contribution in [3.8, 4) is 11.5 Å². The highest BCUT2D eigenvalue weighted by molar-refractivity contribution is 5.72. The van der Waals surface area contributed by atoms with Crippen molar-refractivity contribution >= 4 is 5.97 Å². The molecule has 82 valence electrons. The first-order chi connectivity index (χ1) is 7.13. The number of phenolic OH excluding ortho intramolecular Hbond substituents is 1. The quantitative estimate of drug-likeness (QED) is 0.780. The van der Waals surface area contributed by atoms with E-state index in [2.05, 4.69) is 0 Å². The second kappa shape index (κ2) is 5.24. The molecule has 4 heteroatoms. The molecule has 1 atom stereocenters. The second-order valence-electron chi connectivity index (χ2n) is 3.23. The van der Waals surface area contributed by atoms with Gasteiger partial charge in [-0.3, -0.25) is 0 Å². The van der Waals surface area contributed by atoms with Crippen LogP contribution in [0, 0.1) is 0 Å². The minimum atomic E-state index is -0.968. The van der Waals surface area contributed by atoms with Gasteiger partial charge in [0.25, 0.3) is 0 Å². The molecule has 0 aliphatic carbocycles. The van der Waals surface area contributed by atoms with E-state index in [1.54, 1.807) is 12.1 Å². The molecular formula is C11H14O4. The molecule has 1 aromatic carbocycles. The Kier molecular flexibility index (Phi) is 3.97. The molecular weight excluding hydrogens is 196 g/mol. The van der Waals surface area contributed by atoms with Crippen molar-refractivity contribution in [3.63, 3.8) is 0 Å². The summed E-state index contributed by atoms with van der Waals surface area (Å²) in [6, 6.07) is 6.00. The van der Waals surface area contributed by atoms with E-state index in [1.807, 2.05) is 6.92 Å². The SMILES string of the molecule is CCCC(Oc1ccc(O)cc1)C(=O)O. The van der Waals surface area contributed by atoms with E-state index in [-0.39, 0.29) is 5.75 Å². The Morgan fingerprint density at radius 2 is 2.00 bits per heavy atom.